The van der Waals surface area contributed by atoms with Crippen LogP contribution in [0.5, 0.6) is 5.75 Å². The minimum absolute atomic E-state index is 0.126. The van der Waals surface area contributed by atoms with E-state index in [9.17, 15) is 19.2 Å². The number of imide groups is 2. The minimum Gasteiger partial charge on any atom is -0.492 e. The summed E-state index contributed by atoms with van der Waals surface area (Å²) in [6.07, 6.45) is 11.1. The van der Waals surface area contributed by atoms with Gasteiger partial charge in [-0.2, -0.15) is 0 Å². The van der Waals surface area contributed by atoms with Gasteiger partial charge in [-0.15, -0.1) is 0 Å². The fraction of sp³-hybridized carbons (Fsp3) is 0.500. The van der Waals surface area contributed by atoms with Crippen LogP contribution >= 0.6 is 0 Å². The van der Waals surface area contributed by atoms with Gasteiger partial charge >= 0.3 is 0 Å². The number of pyridine rings is 2. The summed E-state index contributed by atoms with van der Waals surface area (Å²) in [5.74, 6) is 1.45. The highest BCUT2D eigenvalue weighted by Gasteiger charge is 2.45. The van der Waals surface area contributed by atoms with Crippen LogP contribution in [0.2, 0.25) is 0 Å². The molecule has 268 valence electrons. The SMILES string of the molecule is CC(=O)N1C(=O)C(C2CCCC2)c2nc(Nc3ccc(OCCCC4CCN(c5cccc(C6CCC(=O)NC6=O)c5)CC4)cn3)ccc2C1C. The Kier molecular flexibility index (Phi) is 10.3. The summed E-state index contributed by atoms with van der Waals surface area (Å²) in [5, 5.41) is 5.77. The molecule has 0 spiro atoms. The van der Waals surface area contributed by atoms with Crippen molar-refractivity contribution < 1.29 is 23.9 Å². The molecular formula is C40H48N6O5. The number of piperidine rings is 2. The van der Waals surface area contributed by atoms with Crippen LogP contribution in [0.15, 0.2) is 54.7 Å². The molecule has 7 rings (SSSR count). The summed E-state index contributed by atoms with van der Waals surface area (Å²) in [7, 11) is 0. The van der Waals surface area contributed by atoms with Crippen molar-refractivity contribution >= 4 is 41.0 Å². The molecule has 51 heavy (non-hydrogen) atoms. The van der Waals surface area contributed by atoms with Crippen molar-refractivity contribution in [2.75, 3.05) is 29.9 Å². The maximum atomic E-state index is 13.6. The van der Waals surface area contributed by atoms with Gasteiger partial charge in [-0.3, -0.25) is 29.4 Å². The van der Waals surface area contributed by atoms with E-state index in [0.717, 1.165) is 92.7 Å². The number of nitrogens with zero attached hydrogens (tertiary/aromatic N) is 4. The predicted molar refractivity (Wildman–Crippen MR) is 194 cm³/mol. The van der Waals surface area contributed by atoms with Gasteiger partial charge in [-0.1, -0.05) is 31.0 Å². The lowest BCUT2D eigenvalue weighted by Crippen LogP contribution is -2.46. The van der Waals surface area contributed by atoms with Crippen LogP contribution in [0.1, 0.15) is 113 Å². The average Bonchev–Trinajstić information content (AvgIpc) is 3.66. The van der Waals surface area contributed by atoms with Crippen molar-refractivity contribution in [3.8, 4) is 5.75 Å². The number of benzene rings is 1. The first-order valence-corrected chi connectivity index (χ1v) is 18.6. The second-order valence-corrected chi connectivity index (χ2v) is 14.6. The molecule has 11 heteroatoms. The Morgan fingerprint density at radius 1 is 0.980 bits per heavy atom. The number of fused-ring (bicyclic) bond motifs is 1. The summed E-state index contributed by atoms with van der Waals surface area (Å²) in [5.41, 5.74) is 3.84. The average molecular weight is 693 g/mol. The van der Waals surface area contributed by atoms with Crippen LogP contribution in [0.25, 0.3) is 0 Å². The van der Waals surface area contributed by atoms with Gasteiger partial charge in [0.05, 0.1) is 36.4 Å². The zero-order valence-electron chi connectivity index (χ0n) is 29.6. The van der Waals surface area contributed by atoms with Gasteiger partial charge in [0.2, 0.25) is 23.6 Å². The maximum Gasteiger partial charge on any atom is 0.239 e. The van der Waals surface area contributed by atoms with Gasteiger partial charge in [0.15, 0.2) is 0 Å². The van der Waals surface area contributed by atoms with E-state index >= 15 is 0 Å². The summed E-state index contributed by atoms with van der Waals surface area (Å²) in [4.78, 5) is 63.3. The van der Waals surface area contributed by atoms with Gasteiger partial charge in [0.1, 0.15) is 17.4 Å². The fourth-order valence-electron chi connectivity index (χ4n) is 8.56. The largest absolute Gasteiger partial charge is 0.492 e. The molecule has 4 amide bonds. The molecule has 1 saturated carbocycles. The standard InChI is InChI=1S/C40H48N6O5/c1-25-32-13-16-35(43-38(32)37(28-8-3-4-9-28)40(50)46(25)26(2)47)42-34-15-12-31(24-41-34)51-22-6-7-27-18-20-45(21-19-27)30-11-5-10-29(23-30)33-14-17-36(48)44-39(33)49/h5,10-13,15-16,23-25,27-28,33,37H,3-4,6-9,14,17-22H2,1-2H3,(H,41,42,43)(H,44,48,49). The second-order valence-electron chi connectivity index (χ2n) is 14.6. The van der Waals surface area contributed by atoms with Crippen molar-refractivity contribution in [3.05, 3.63) is 71.5 Å². The van der Waals surface area contributed by atoms with Crippen molar-refractivity contribution in [2.24, 2.45) is 11.8 Å². The monoisotopic (exact) mass is 692 g/mol. The lowest BCUT2D eigenvalue weighted by Gasteiger charge is -2.39. The van der Waals surface area contributed by atoms with E-state index in [1.165, 1.54) is 11.8 Å². The van der Waals surface area contributed by atoms with E-state index in [1.54, 1.807) is 6.20 Å². The lowest BCUT2D eigenvalue weighted by atomic mass is 9.80. The molecule has 1 aromatic carbocycles. The van der Waals surface area contributed by atoms with E-state index in [0.29, 0.717) is 37.0 Å². The summed E-state index contributed by atoms with van der Waals surface area (Å²) >= 11 is 0. The van der Waals surface area contributed by atoms with Crippen molar-refractivity contribution in [2.45, 2.75) is 95.9 Å². The molecule has 5 heterocycles. The Balaban J connectivity index is 0.878. The number of nitrogens with one attached hydrogen (secondary N) is 2. The highest BCUT2D eigenvalue weighted by atomic mass is 16.5. The number of amides is 4. The van der Waals surface area contributed by atoms with Crippen LogP contribution in [-0.2, 0) is 19.2 Å². The summed E-state index contributed by atoms with van der Waals surface area (Å²) in [6.45, 7) is 5.95. The third kappa shape index (κ3) is 7.62. The third-order valence-electron chi connectivity index (χ3n) is 11.3. The quantitative estimate of drug-likeness (QED) is 0.180. The molecular weight excluding hydrogens is 644 g/mol. The molecule has 3 atom stereocenters. The van der Waals surface area contributed by atoms with Gasteiger partial charge < -0.3 is 15.0 Å². The lowest BCUT2D eigenvalue weighted by molar-refractivity contribution is -0.149. The molecule has 2 saturated heterocycles. The molecule has 2 aromatic heterocycles. The van der Waals surface area contributed by atoms with E-state index in [2.05, 4.69) is 32.7 Å². The molecule has 11 nitrogen and oxygen atoms in total. The molecule has 3 aromatic rings. The number of hydrogen-bond acceptors (Lipinski definition) is 9. The number of carbonyl (C=O) groups is 4. The van der Waals surface area contributed by atoms with Crippen LogP contribution in [0.4, 0.5) is 17.3 Å². The summed E-state index contributed by atoms with van der Waals surface area (Å²) < 4.78 is 6.04. The van der Waals surface area contributed by atoms with Gasteiger partial charge in [-0.05, 0) is 105 Å². The molecule has 2 N–H and O–H groups in total. The van der Waals surface area contributed by atoms with Crippen molar-refractivity contribution in [1.29, 1.82) is 0 Å². The number of rotatable bonds is 10. The zero-order chi connectivity index (χ0) is 35.5. The van der Waals surface area contributed by atoms with E-state index < -0.39 is 5.92 Å². The zero-order valence-corrected chi connectivity index (χ0v) is 29.6. The molecule has 0 radical (unpaired) electrons. The smallest absolute Gasteiger partial charge is 0.239 e. The van der Waals surface area contributed by atoms with E-state index in [4.69, 9.17) is 9.72 Å². The number of anilines is 3. The number of aromatic nitrogens is 2. The normalized spacial score (nSPS) is 22.9. The number of carbonyl (C=O) groups excluding carboxylic acids is 4. The molecule has 3 unspecified atom stereocenters. The molecule has 0 bridgehead atoms. The Bertz CT molecular complexity index is 1770. The molecule has 3 aliphatic heterocycles. The Morgan fingerprint density at radius 3 is 2.49 bits per heavy atom. The first-order chi connectivity index (χ1) is 24.7. The van der Waals surface area contributed by atoms with Gasteiger partial charge in [0, 0.05) is 32.1 Å². The Hall–Kier alpha value is -4.80. The van der Waals surface area contributed by atoms with E-state index in [-0.39, 0.29) is 41.5 Å². The Labute approximate surface area is 299 Å². The van der Waals surface area contributed by atoms with Crippen LogP contribution < -0.4 is 20.3 Å². The van der Waals surface area contributed by atoms with Crippen LogP contribution in [-0.4, -0.2) is 58.2 Å². The molecule has 4 aliphatic rings. The van der Waals surface area contributed by atoms with Gasteiger partial charge in [0.25, 0.3) is 0 Å². The third-order valence-corrected chi connectivity index (χ3v) is 11.3. The van der Waals surface area contributed by atoms with E-state index in [1.807, 2.05) is 43.3 Å². The second kappa shape index (κ2) is 15.2. The maximum absolute atomic E-state index is 13.6. The fourth-order valence-corrected chi connectivity index (χ4v) is 8.56. The minimum atomic E-state index is -0.399. The van der Waals surface area contributed by atoms with Crippen molar-refractivity contribution in [1.82, 2.24) is 20.2 Å². The number of hydrogen-bond donors (Lipinski definition) is 2. The highest BCUT2D eigenvalue weighted by Crippen LogP contribution is 2.45. The first kappa shape index (κ1) is 34.6. The topological polar surface area (TPSA) is 134 Å². The summed E-state index contributed by atoms with van der Waals surface area (Å²) in [6, 6.07) is 15.6. The van der Waals surface area contributed by atoms with Crippen molar-refractivity contribution in [3.63, 3.8) is 0 Å². The first-order valence-electron chi connectivity index (χ1n) is 18.6. The predicted octanol–water partition coefficient (Wildman–Crippen LogP) is 6.54. The van der Waals surface area contributed by atoms with Crippen LogP contribution in [0.3, 0.4) is 0 Å². The molecule has 1 aliphatic carbocycles. The molecule has 3 fully saturated rings. The highest BCUT2D eigenvalue weighted by molar-refractivity contribution is 6.01. The van der Waals surface area contributed by atoms with Crippen LogP contribution in [0, 0.1) is 11.8 Å². The Morgan fingerprint density at radius 2 is 1.76 bits per heavy atom. The van der Waals surface area contributed by atoms with Gasteiger partial charge in [-0.25, -0.2) is 9.97 Å². The number of ether oxygens (including phenoxy) is 1.